The summed E-state index contributed by atoms with van der Waals surface area (Å²) >= 11 is 1.98. The molecule has 19 heavy (non-hydrogen) atoms. The minimum Gasteiger partial charge on any atom is -0.380 e. The SMILES string of the molecule is CCOCCN(CCOCC)C(CN)CCSCC. The van der Waals surface area contributed by atoms with Crippen molar-refractivity contribution in [3.8, 4) is 0 Å². The minimum absolute atomic E-state index is 0.444. The predicted octanol–water partition coefficient (Wildman–Crippen LogP) is 1.83. The maximum Gasteiger partial charge on any atom is 0.0593 e. The second-order valence-corrected chi connectivity index (χ2v) is 5.70. The molecule has 0 heterocycles. The summed E-state index contributed by atoms with van der Waals surface area (Å²) < 4.78 is 10.9. The van der Waals surface area contributed by atoms with Crippen LogP contribution in [-0.2, 0) is 9.47 Å². The van der Waals surface area contributed by atoms with Gasteiger partial charge in [0.1, 0.15) is 0 Å². The summed E-state index contributed by atoms with van der Waals surface area (Å²) in [5.74, 6) is 2.35. The van der Waals surface area contributed by atoms with Crippen molar-refractivity contribution >= 4 is 11.8 Å². The van der Waals surface area contributed by atoms with E-state index in [1.165, 1.54) is 11.5 Å². The smallest absolute Gasteiger partial charge is 0.0593 e. The van der Waals surface area contributed by atoms with Gasteiger partial charge in [0, 0.05) is 38.9 Å². The van der Waals surface area contributed by atoms with Crippen molar-refractivity contribution in [1.82, 2.24) is 4.90 Å². The largest absolute Gasteiger partial charge is 0.380 e. The Morgan fingerprint density at radius 3 is 2.05 bits per heavy atom. The first-order valence-electron chi connectivity index (χ1n) is 7.47. The first-order chi connectivity index (χ1) is 9.29. The lowest BCUT2D eigenvalue weighted by atomic mass is 10.2. The fraction of sp³-hybridized carbons (Fsp3) is 1.00. The van der Waals surface area contributed by atoms with Gasteiger partial charge in [0.05, 0.1) is 13.2 Å². The third-order valence-electron chi connectivity index (χ3n) is 3.04. The van der Waals surface area contributed by atoms with E-state index in [1.807, 2.05) is 25.6 Å². The van der Waals surface area contributed by atoms with Crippen LogP contribution in [0.25, 0.3) is 0 Å². The van der Waals surface area contributed by atoms with Crippen LogP contribution in [0.3, 0.4) is 0 Å². The lowest BCUT2D eigenvalue weighted by molar-refractivity contribution is 0.0636. The quantitative estimate of drug-likeness (QED) is 0.495. The van der Waals surface area contributed by atoms with Crippen molar-refractivity contribution in [2.24, 2.45) is 5.73 Å². The molecule has 2 N–H and O–H groups in total. The first kappa shape index (κ1) is 19.2. The number of hydrogen-bond acceptors (Lipinski definition) is 5. The molecule has 0 bridgehead atoms. The van der Waals surface area contributed by atoms with Crippen molar-refractivity contribution in [3.63, 3.8) is 0 Å². The van der Waals surface area contributed by atoms with Gasteiger partial charge in [-0.3, -0.25) is 4.90 Å². The number of rotatable bonds is 14. The normalized spacial score (nSPS) is 13.1. The number of nitrogens with zero attached hydrogens (tertiary/aromatic N) is 1. The Morgan fingerprint density at radius 1 is 1.05 bits per heavy atom. The predicted molar refractivity (Wildman–Crippen MR) is 85.0 cm³/mol. The average molecular weight is 292 g/mol. The maximum atomic E-state index is 5.93. The van der Waals surface area contributed by atoms with E-state index in [4.69, 9.17) is 15.2 Å². The molecule has 0 aromatic rings. The van der Waals surface area contributed by atoms with Crippen LogP contribution in [-0.4, -0.2) is 68.5 Å². The molecule has 0 aliphatic heterocycles. The molecule has 0 saturated heterocycles. The second-order valence-electron chi connectivity index (χ2n) is 4.30. The van der Waals surface area contributed by atoms with Crippen LogP contribution in [0, 0.1) is 0 Å². The highest BCUT2D eigenvalue weighted by Gasteiger charge is 2.16. The molecule has 1 atom stereocenters. The van der Waals surface area contributed by atoms with E-state index in [9.17, 15) is 0 Å². The summed E-state index contributed by atoms with van der Waals surface area (Å²) in [7, 11) is 0. The monoisotopic (exact) mass is 292 g/mol. The highest BCUT2D eigenvalue weighted by atomic mass is 32.2. The fourth-order valence-corrected chi connectivity index (χ4v) is 2.67. The first-order valence-corrected chi connectivity index (χ1v) is 8.62. The van der Waals surface area contributed by atoms with Crippen molar-refractivity contribution in [2.75, 3.05) is 57.6 Å². The zero-order chi connectivity index (χ0) is 14.3. The molecule has 0 saturated carbocycles. The van der Waals surface area contributed by atoms with Gasteiger partial charge < -0.3 is 15.2 Å². The average Bonchev–Trinajstić information content (AvgIpc) is 2.43. The Kier molecular flexibility index (Phi) is 14.7. The van der Waals surface area contributed by atoms with Crippen LogP contribution < -0.4 is 5.73 Å². The van der Waals surface area contributed by atoms with Gasteiger partial charge in [0.25, 0.3) is 0 Å². The third kappa shape index (κ3) is 10.6. The zero-order valence-electron chi connectivity index (χ0n) is 12.9. The highest BCUT2D eigenvalue weighted by Crippen LogP contribution is 2.09. The van der Waals surface area contributed by atoms with E-state index in [2.05, 4.69) is 11.8 Å². The van der Waals surface area contributed by atoms with Gasteiger partial charge >= 0.3 is 0 Å². The zero-order valence-corrected chi connectivity index (χ0v) is 13.7. The van der Waals surface area contributed by atoms with Crippen molar-refractivity contribution < 1.29 is 9.47 Å². The lowest BCUT2D eigenvalue weighted by Gasteiger charge is -2.30. The van der Waals surface area contributed by atoms with E-state index in [0.29, 0.717) is 12.6 Å². The van der Waals surface area contributed by atoms with E-state index in [0.717, 1.165) is 45.9 Å². The molecule has 0 radical (unpaired) electrons. The van der Waals surface area contributed by atoms with Crippen LogP contribution in [0.15, 0.2) is 0 Å². The Bertz CT molecular complexity index is 175. The highest BCUT2D eigenvalue weighted by molar-refractivity contribution is 7.99. The number of thioether (sulfide) groups is 1. The Labute approximate surface area is 123 Å². The van der Waals surface area contributed by atoms with E-state index >= 15 is 0 Å². The molecule has 4 nitrogen and oxygen atoms in total. The summed E-state index contributed by atoms with van der Waals surface area (Å²) in [6.07, 6.45) is 1.15. The molecule has 0 amide bonds. The summed E-state index contributed by atoms with van der Waals surface area (Å²) in [6.45, 7) is 12.0. The van der Waals surface area contributed by atoms with Gasteiger partial charge in [-0.15, -0.1) is 0 Å². The van der Waals surface area contributed by atoms with E-state index in [-0.39, 0.29) is 0 Å². The van der Waals surface area contributed by atoms with Crippen molar-refractivity contribution in [1.29, 1.82) is 0 Å². The molecular weight excluding hydrogens is 260 g/mol. The molecule has 0 aliphatic carbocycles. The molecular formula is C14H32N2O2S. The van der Waals surface area contributed by atoms with Gasteiger partial charge in [-0.05, 0) is 31.8 Å². The summed E-state index contributed by atoms with van der Waals surface area (Å²) in [6, 6.07) is 0.444. The van der Waals surface area contributed by atoms with Crippen LogP contribution in [0.1, 0.15) is 27.2 Å². The number of hydrogen-bond donors (Lipinski definition) is 1. The molecule has 0 aromatic heterocycles. The van der Waals surface area contributed by atoms with Gasteiger partial charge in [0.15, 0.2) is 0 Å². The van der Waals surface area contributed by atoms with Crippen LogP contribution >= 0.6 is 11.8 Å². The minimum atomic E-state index is 0.444. The van der Waals surface area contributed by atoms with Crippen LogP contribution in [0.5, 0.6) is 0 Å². The molecule has 0 spiro atoms. The number of nitrogens with two attached hydrogens (primary N) is 1. The number of ether oxygens (including phenoxy) is 2. The second kappa shape index (κ2) is 14.6. The molecule has 5 heteroatoms. The van der Waals surface area contributed by atoms with Gasteiger partial charge in [-0.2, -0.15) is 11.8 Å². The van der Waals surface area contributed by atoms with E-state index in [1.54, 1.807) is 0 Å². The summed E-state index contributed by atoms with van der Waals surface area (Å²) in [5.41, 5.74) is 5.93. The summed E-state index contributed by atoms with van der Waals surface area (Å²) in [5, 5.41) is 0. The molecule has 0 aromatic carbocycles. The molecule has 1 unspecified atom stereocenters. The fourth-order valence-electron chi connectivity index (χ4n) is 1.94. The Balaban J connectivity index is 4.13. The molecule has 0 aliphatic rings. The van der Waals surface area contributed by atoms with Gasteiger partial charge in [0.2, 0.25) is 0 Å². The Morgan fingerprint density at radius 2 is 1.63 bits per heavy atom. The topological polar surface area (TPSA) is 47.7 Å². The molecule has 0 fully saturated rings. The summed E-state index contributed by atoms with van der Waals surface area (Å²) in [4.78, 5) is 2.42. The lowest BCUT2D eigenvalue weighted by Crippen LogP contribution is -2.44. The maximum absolute atomic E-state index is 5.93. The Hall–Kier alpha value is 0.190. The van der Waals surface area contributed by atoms with Crippen molar-refractivity contribution in [3.05, 3.63) is 0 Å². The molecule has 0 rings (SSSR count). The molecule has 116 valence electrons. The van der Waals surface area contributed by atoms with Gasteiger partial charge in [-0.1, -0.05) is 6.92 Å². The third-order valence-corrected chi connectivity index (χ3v) is 3.97. The van der Waals surface area contributed by atoms with Crippen molar-refractivity contribution in [2.45, 2.75) is 33.2 Å². The van der Waals surface area contributed by atoms with Crippen LogP contribution in [0.4, 0.5) is 0 Å². The standard InChI is InChI=1S/C14H32N2O2S/c1-4-17-10-8-16(9-11-18-5-2)14(13-15)7-12-19-6-3/h14H,4-13,15H2,1-3H3. The van der Waals surface area contributed by atoms with Crippen LogP contribution in [0.2, 0.25) is 0 Å². The van der Waals surface area contributed by atoms with E-state index < -0.39 is 0 Å². The van der Waals surface area contributed by atoms with Gasteiger partial charge in [-0.25, -0.2) is 0 Å².